The number of hydrogen-bond acceptors (Lipinski definition) is 1. The van der Waals surface area contributed by atoms with Gasteiger partial charge in [0.05, 0.1) is 10.6 Å². The highest BCUT2D eigenvalue weighted by Crippen LogP contribution is 2.38. The van der Waals surface area contributed by atoms with E-state index in [0.29, 0.717) is 17.6 Å². The second-order valence-electron chi connectivity index (χ2n) is 5.49. The zero-order chi connectivity index (χ0) is 14.3. The summed E-state index contributed by atoms with van der Waals surface area (Å²) in [4.78, 5) is 0. The maximum absolute atomic E-state index is 12.9. The Morgan fingerprint density at radius 3 is 2.70 bits per heavy atom. The van der Waals surface area contributed by atoms with E-state index in [-0.39, 0.29) is 5.02 Å². The van der Waals surface area contributed by atoms with Gasteiger partial charge in [-0.1, -0.05) is 30.2 Å². The molecule has 2 aliphatic rings. The summed E-state index contributed by atoms with van der Waals surface area (Å²) in [5.74, 6) is 0. The van der Waals surface area contributed by atoms with Crippen molar-refractivity contribution >= 4 is 17.2 Å². The number of benzene rings is 1. The molecule has 0 aromatic heterocycles. The van der Waals surface area contributed by atoms with E-state index >= 15 is 0 Å². The van der Waals surface area contributed by atoms with Gasteiger partial charge in [-0.05, 0) is 42.5 Å². The molecule has 1 aromatic rings. The summed E-state index contributed by atoms with van der Waals surface area (Å²) >= 11 is 5.66. The van der Waals surface area contributed by atoms with Crippen LogP contribution in [-0.2, 0) is 6.18 Å². The van der Waals surface area contributed by atoms with E-state index in [2.05, 4.69) is 11.4 Å². The highest BCUT2D eigenvalue weighted by atomic mass is 35.5. The molecule has 0 amide bonds. The lowest BCUT2D eigenvalue weighted by Gasteiger charge is -2.35. The fourth-order valence-corrected chi connectivity index (χ4v) is 3.30. The molecule has 108 valence electrons. The number of fused-ring (bicyclic) bond motifs is 2. The third-order valence-corrected chi connectivity index (χ3v) is 4.36. The van der Waals surface area contributed by atoms with Crippen LogP contribution in [0.15, 0.2) is 24.3 Å². The molecule has 0 radical (unpaired) electrons. The monoisotopic (exact) mass is 301 g/mol. The van der Waals surface area contributed by atoms with Gasteiger partial charge in [0.15, 0.2) is 0 Å². The van der Waals surface area contributed by atoms with Gasteiger partial charge in [0.25, 0.3) is 0 Å². The van der Waals surface area contributed by atoms with Crippen molar-refractivity contribution in [3.05, 3.63) is 40.4 Å². The summed E-state index contributed by atoms with van der Waals surface area (Å²) in [6, 6.07) is 4.89. The number of rotatable bonds is 1. The van der Waals surface area contributed by atoms with E-state index in [1.165, 1.54) is 18.6 Å². The van der Waals surface area contributed by atoms with Crippen molar-refractivity contribution < 1.29 is 13.2 Å². The third kappa shape index (κ3) is 2.72. The SMILES string of the molecule is FC(F)(F)c1cc(C2=CC3CCCC(C2)N3)ccc1Cl. The minimum absolute atomic E-state index is 0.240. The number of nitrogens with one attached hydrogen (secondary N) is 1. The van der Waals surface area contributed by atoms with Gasteiger partial charge >= 0.3 is 6.18 Å². The number of halogens is 4. The van der Waals surface area contributed by atoms with Gasteiger partial charge in [-0.2, -0.15) is 13.2 Å². The van der Waals surface area contributed by atoms with Crippen molar-refractivity contribution in [1.29, 1.82) is 0 Å². The Morgan fingerprint density at radius 2 is 2.00 bits per heavy atom. The first-order valence-electron chi connectivity index (χ1n) is 6.77. The fraction of sp³-hybridized carbons (Fsp3) is 0.467. The lowest BCUT2D eigenvalue weighted by Crippen LogP contribution is -2.44. The summed E-state index contributed by atoms with van der Waals surface area (Å²) in [5.41, 5.74) is 0.891. The molecule has 2 unspecified atom stereocenters. The molecule has 1 N–H and O–H groups in total. The number of alkyl halides is 3. The predicted molar refractivity (Wildman–Crippen MR) is 73.6 cm³/mol. The maximum Gasteiger partial charge on any atom is 0.417 e. The smallest absolute Gasteiger partial charge is 0.307 e. The molecule has 0 aliphatic carbocycles. The third-order valence-electron chi connectivity index (χ3n) is 4.03. The van der Waals surface area contributed by atoms with E-state index in [4.69, 9.17) is 11.6 Å². The standard InChI is InChI=1S/C15H15ClF3N/c16-14-5-4-9(8-13(14)15(17,18)19)10-6-11-2-1-3-12(7-10)20-11/h4-6,8,11-12,20H,1-3,7H2. The molecule has 1 fully saturated rings. The second-order valence-corrected chi connectivity index (χ2v) is 5.90. The van der Waals surface area contributed by atoms with Gasteiger partial charge in [-0.15, -0.1) is 0 Å². The van der Waals surface area contributed by atoms with Crippen LogP contribution in [0.3, 0.4) is 0 Å². The Morgan fingerprint density at radius 1 is 1.20 bits per heavy atom. The van der Waals surface area contributed by atoms with E-state index in [9.17, 15) is 13.2 Å². The van der Waals surface area contributed by atoms with Gasteiger partial charge in [0, 0.05) is 12.1 Å². The quantitative estimate of drug-likeness (QED) is 0.795. The molecular formula is C15H15ClF3N. The minimum Gasteiger partial charge on any atom is -0.307 e. The Hall–Kier alpha value is -1.00. The van der Waals surface area contributed by atoms with Gasteiger partial charge < -0.3 is 5.32 Å². The first kappa shape index (κ1) is 14.0. The zero-order valence-electron chi connectivity index (χ0n) is 10.8. The van der Waals surface area contributed by atoms with Crippen molar-refractivity contribution in [2.24, 2.45) is 0 Å². The van der Waals surface area contributed by atoms with Gasteiger partial charge in [0.1, 0.15) is 0 Å². The van der Waals surface area contributed by atoms with Crippen LogP contribution in [-0.4, -0.2) is 12.1 Å². The summed E-state index contributed by atoms with van der Waals surface area (Å²) in [7, 11) is 0. The summed E-state index contributed by atoms with van der Waals surface area (Å²) in [6.45, 7) is 0. The average Bonchev–Trinajstić information content (AvgIpc) is 2.37. The van der Waals surface area contributed by atoms with Crippen LogP contribution in [0.2, 0.25) is 5.02 Å². The van der Waals surface area contributed by atoms with Crippen LogP contribution in [0, 0.1) is 0 Å². The Labute approximate surface area is 120 Å². The van der Waals surface area contributed by atoms with Gasteiger partial charge in [0.2, 0.25) is 0 Å². The molecule has 2 aliphatic heterocycles. The van der Waals surface area contributed by atoms with E-state index in [0.717, 1.165) is 24.8 Å². The second kappa shape index (κ2) is 5.08. The largest absolute Gasteiger partial charge is 0.417 e. The van der Waals surface area contributed by atoms with Crippen molar-refractivity contribution in [2.75, 3.05) is 0 Å². The van der Waals surface area contributed by atoms with E-state index < -0.39 is 11.7 Å². The maximum atomic E-state index is 12.9. The normalized spacial score (nSPS) is 26.3. The summed E-state index contributed by atoms with van der Waals surface area (Å²) in [6.07, 6.45) is 1.78. The molecule has 2 bridgehead atoms. The number of hydrogen-bond donors (Lipinski definition) is 1. The van der Waals surface area contributed by atoms with Crippen LogP contribution >= 0.6 is 11.6 Å². The molecule has 2 heterocycles. The minimum atomic E-state index is -4.41. The first-order chi connectivity index (χ1) is 9.43. The molecule has 2 atom stereocenters. The molecule has 1 aromatic carbocycles. The van der Waals surface area contributed by atoms with Crippen LogP contribution in [0.1, 0.15) is 36.8 Å². The van der Waals surface area contributed by atoms with Gasteiger partial charge in [-0.25, -0.2) is 0 Å². The molecular weight excluding hydrogens is 287 g/mol. The molecule has 0 saturated carbocycles. The molecule has 1 nitrogen and oxygen atoms in total. The van der Waals surface area contributed by atoms with Gasteiger partial charge in [-0.3, -0.25) is 0 Å². The Kier molecular flexibility index (Phi) is 3.55. The molecule has 20 heavy (non-hydrogen) atoms. The van der Waals surface area contributed by atoms with Crippen LogP contribution in [0.4, 0.5) is 13.2 Å². The zero-order valence-corrected chi connectivity index (χ0v) is 11.6. The molecule has 0 spiro atoms. The highest BCUT2D eigenvalue weighted by molar-refractivity contribution is 6.31. The van der Waals surface area contributed by atoms with Crippen LogP contribution < -0.4 is 5.32 Å². The molecule has 1 saturated heterocycles. The van der Waals surface area contributed by atoms with Crippen molar-refractivity contribution in [1.82, 2.24) is 5.32 Å². The predicted octanol–water partition coefficient (Wildman–Crippen LogP) is 4.66. The lowest BCUT2D eigenvalue weighted by molar-refractivity contribution is -0.137. The average molecular weight is 302 g/mol. The Balaban J connectivity index is 1.97. The molecule has 3 rings (SSSR count). The highest BCUT2D eigenvalue weighted by Gasteiger charge is 2.34. The van der Waals surface area contributed by atoms with E-state index in [1.54, 1.807) is 6.07 Å². The van der Waals surface area contributed by atoms with Crippen molar-refractivity contribution in [2.45, 2.75) is 43.9 Å². The van der Waals surface area contributed by atoms with Crippen LogP contribution in [0.25, 0.3) is 5.57 Å². The van der Waals surface area contributed by atoms with Crippen LogP contribution in [0.5, 0.6) is 0 Å². The fourth-order valence-electron chi connectivity index (χ4n) is 3.08. The summed E-state index contributed by atoms with van der Waals surface area (Å²) in [5, 5.41) is 3.24. The summed E-state index contributed by atoms with van der Waals surface area (Å²) < 4.78 is 38.7. The van der Waals surface area contributed by atoms with Crippen molar-refractivity contribution in [3.63, 3.8) is 0 Å². The van der Waals surface area contributed by atoms with Crippen molar-refractivity contribution in [3.8, 4) is 0 Å². The topological polar surface area (TPSA) is 12.0 Å². The lowest BCUT2D eigenvalue weighted by atomic mass is 9.84. The van der Waals surface area contributed by atoms with E-state index in [1.807, 2.05) is 0 Å². The first-order valence-corrected chi connectivity index (χ1v) is 7.15. The Bertz CT molecular complexity index is 551. The number of piperidine rings is 1. The molecule has 5 heteroatoms.